The minimum atomic E-state index is -0.499. The zero-order valence-corrected chi connectivity index (χ0v) is 12.6. The number of amides is 1. The molecule has 1 amide bonds. The Morgan fingerprint density at radius 1 is 1.39 bits per heavy atom. The van der Waals surface area contributed by atoms with Crippen LogP contribution in [0.25, 0.3) is 10.8 Å². The minimum absolute atomic E-state index is 0.120. The Kier molecular flexibility index (Phi) is 3.54. The summed E-state index contributed by atoms with van der Waals surface area (Å²) in [5.74, 6) is 0.236. The van der Waals surface area contributed by atoms with Crippen molar-refractivity contribution >= 4 is 39.2 Å². The summed E-state index contributed by atoms with van der Waals surface area (Å²) < 4.78 is 6.37. The third kappa shape index (κ3) is 2.97. The second-order valence-electron chi connectivity index (χ2n) is 4.72. The van der Waals surface area contributed by atoms with Crippen LogP contribution in [0.3, 0.4) is 0 Å². The Morgan fingerprint density at radius 3 is 2.67 bits per heavy atom. The molecule has 0 fully saturated rings. The van der Waals surface area contributed by atoms with E-state index < -0.39 is 5.41 Å². The smallest absolute Gasteiger partial charge is 0.322 e. The SMILES string of the molecule is CC(C)(C)C(=O)Nc1nnc(-c2ccc(Br)s2)o1. The zero-order chi connectivity index (χ0) is 13.3. The maximum Gasteiger partial charge on any atom is 0.322 e. The lowest BCUT2D eigenvalue weighted by Crippen LogP contribution is -2.27. The summed E-state index contributed by atoms with van der Waals surface area (Å²) in [4.78, 5) is 12.6. The molecule has 0 saturated carbocycles. The van der Waals surface area contributed by atoms with Gasteiger partial charge in [0.25, 0.3) is 5.89 Å². The lowest BCUT2D eigenvalue weighted by Gasteiger charge is -2.15. The van der Waals surface area contributed by atoms with Crippen molar-refractivity contribution < 1.29 is 9.21 Å². The number of hydrogen-bond acceptors (Lipinski definition) is 5. The third-order valence-corrected chi connectivity index (χ3v) is 3.72. The largest absolute Gasteiger partial charge is 0.402 e. The number of halogens is 1. The molecule has 7 heteroatoms. The Balaban J connectivity index is 2.14. The van der Waals surface area contributed by atoms with Crippen molar-refractivity contribution in [1.82, 2.24) is 10.2 Å². The molecule has 1 N–H and O–H groups in total. The van der Waals surface area contributed by atoms with Gasteiger partial charge in [0.2, 0.25) is 5.91 Å². The summed E-state index contributed by atoms with van der Waals surface area (Å²) in [5, 5.41) is 10.3. The number of anilines is 1. The fourth-order valence-corrected chi connectivity index (χ4v) is 2.39. The highest BCUT2D eigenvalue weighted by atomic mass is 79.9. The predicted octanol–water partition coefficient (Wildman–Crippen LogP) is 3.55. The van der Waals surface area contributed by atoms with Crippen LogP contribution >= 0.6 is 27.3 Å². The highest BCUT2D eigenvalue weighted by Gasteiger charge is 2.23. The molecule has 0 bridgehead atoms. The number of carbonyl (C=O) groups excluding carboxylic acids is 1. The molecule has 96 valence electrons. The van der Waals surface area contributed by atoms with Gasteiger partial charge in [0, 0.05) is 5.41 Å². The van der Waals surface area contributed by atoms with Gasteiger partial charge in [-0.1, -0.05) is 25.9 Å². The van der Waals surface area contributed by atoms with Crippen LogP contribution < -0.4 is 5.32 Å². The topological polar surface area (TPSA) is 68.0 Å². The van der Waals surface area contributed by atoms with Crippen LogP contribution in [-0.2, 0) is 4.79 Å². The first-order valence-electron chi connectivity index (χ1n) is 5.27. The molecule has 2 aromatic heterocycles. The molecular weight excluding hydrogens is 318 g/mol. The molecule has 0 spiro atoms. The van der Waals surface area contributed by atoms with E-state index in [1.165, 1.54) is 11.3 Å². The normalized spacial score (nSPS) is 11.6. The number of aromatic nitrogens is 2. The van der Waals surface area contributed by atoms with E-state index in [2.05, 4.69) is 31.4 Å². The molecule has 0 aliphatic heterocycles. The Bertz CT molecular complexity index is 571. The summed E-state index contributed by atoms with van der Waals surface area (Å²) in [6.45, 7) is 5.45. The van der Waals surface area contributed by atoms with Crippen molar-refractivity contribution in [2.24, 2.45) is 5.41 Å². The average molecular weight is 330 g/mol. The number of carbonyl (C=O) groups is 1. The van der Waals surface area contributed by atoms with Gasteiger partial charge in [0.1, 0.15) is 0 Å². The van der Waals surface area contributed by atoms with Crippen LogP contribution in [0.5, 0.6) is 0 Å². The fourth-order valence-electron chi connectivity index (χ4n) is 1.09. The summed E-state index contributed by atoms with van der Waals surface area (Å²) in [7, 11) is 0. The molecule has 2 rings (SSSR count). The first-order valence-corrected chi connectivity index (χ1v) is 6.88. The molecule has 0 saturated heterocycles. The lowest BCUT2D eigenvalue weighted by atomic mass is 9.96. The van der Waals surface area contributed by atoms with Crippen molar-refractivity contribution in [3.05, 3.63) is 15.9 Å². The minimum Gasteiger partial charge on any atom is -0.402 e. The standard InChI is InChI=1S/C11H12BrN3O2S/c1-11(2,3)9(16)13-10-15-14-8(17-10)6-4-5-7(12)18-6/h4-5H,1-3H3,(H,13,15,16). The lowest BCUT2D eigenvalue weighted by molar-refractivity contribution is -0.123. The highest BCUT2D eigenvalue weighted by Crippen LogP contribution is 2.31. The van der Waals surface area contributed by atoms with Crippen LogP contribution in [0.15, 0.2) is 20.3 Å². The van der Waals surface area contributed by atoms with E-state index in [9.17, 15) is 4.79 Å². The van der Waals surface area contributed by atoms with Gasteiger partial charge in [0.05, 0.1) is 8.66 Å². The summed E-state index contributed by atoms with van der Waals surface area (Å²) in [5.41, 5.74) is -0.499. The van der Waals surface area contributed by atoms with Crippen molar-refractivity contribution in [3.63, 3.8) is 0 Å². The Morgan fingerprint density at radius 2 is 2.11 bits per heavy atom. The monoisotopic (exact) mass is 329 g/mol. The van der Waals surface area contributed by atoms with E-state index in [4.69, 9.17) is 4.42 Å². The summed E-state index contributed by atoms with van der Waals surface area (Å²) in [6.07, 6.45) is 0. The van der Waals surface area contributed by atoms with Gasteiger partial charge >= 0.3 is 6.01 Å². The van der Waals surface area contributed by atoms with Crippen LogP contribution in [-0.4, -0.2) is 16.1 Å². The second-order valence-corrected chi connectivity index (χ2v) is 7.18. The Hall–Kier alpha value is -1.21. The molecule has 0 aliphatic rings. The quantitative estimate of drug-likeness (QED) is 0.914. The third-order valence-electron chi connectivity index (χ3n) is 2.11. The predicted molar refractivity (Wildman–Crippen MR) is 73.4 cm³/mol. The number of nitrogens with one attached hydrogen (secondary N) is 1. The molecule has 2 aromatic rings. The van der Waals surface area contributed by atoms with Crippen LogP contribution in [0.2, 0.25) is 0 Å². The van der Waals surface area contributed by atoms with Crippen molar-refractivity contribution in [2.75, 3.05) is 5.32 Å². The highest BCUT2D eigenvalue weighted by molar-refractivity contribution is 9.11. The molecule has 0 unspecified atom stereocenters. The molecule has 0 atom stereocenters. The van der Waals surface area contributed by atoms with Gasteiger partial charge in [-0.3, -0.25) is 10.1 Å². The molecule has 0 aliphatic carbocycles. The summed E-state index contributed by atoms with van der Waals surface area (Å²) >= 11 is 4.85. The van der Waals surface area contributed by atoms with Gasteiger partial charge in [-0.05, 0) is 28.1 Å². The van der Waals surface area contributed by atoms with Gasteiger partial charge in [-0.25, -0.2) is 0 Å². The van der Waals surface area contributed by atoms with Crippen molar-refractivity contribution in [2.45, 2.75) is 20.8 Å². The van der Waals surface area contributed by atoms with E-state index >= 15 is 0 Å². The molecule has 5 nitrogen and oxygen atoms in total. The number of rotatable bonds is 2. The molecule has 0 aromatic carbocycles. The van der Waals surface area contributed by atoms with E-state index in [0.717, 1.165) is 8.66 Å². The Labute approximate surface area is 117 Å². The summed E-state index contributed by atoms with van der Waals surface area (Å²) in [6, 6.07) is 3.89. The van der Waals surface area contributed by atoms with Crippen LogP contribution in [0.4, 0.5) is 6.01 Å². The first-order chi connectivity index (χ1) is 8.36. The molecule has 18 heavy (non-hydrogen) atoms. The molecule has 0 radical (unpaired) electrons. The van der Waals surface area contributed by atoms with E-state index in [0.29, 0.717) is 5.89 Å². The molecule has 2 heterocycles. The van der Waals surface area contributed by atoms with Gasteiger partial charge < -0.3 is 4.42 Å². The van der Waals surface area contributed by atoms with Gasteiger partial charge in [-0.2, -0.15) is 0 Å². The maximum atomic E-state index is 11.7. The van der Waals surface area contributed by atoms with Gasteiger partial charge in [-0.15, -0.1) is 16.4 Å². The fraction of sp³-hybridized carbons (Fsp3) is 0.364. The average Bonchev–Trinajstić information content (AvgIpc) is 2.85. The van der Waals surface area contributed by atoms with Crippen molar-refractivity contribution in [1.29, 1.82) is 0 Å². The maximum absolute atomic E-state index is 11.7. The number of hydrogen-bond donors (Lipinski definition) is 1. The molecular formula is C11H12BrN3O2S. The van der Waals surface area contributed by atoms with Crippen molar-refractivity contribution in [3.8, 4) is 10.8 Å². The van der Waals surface area contributed by atoms with E-state index in [-0.39, 0.29) is 11.9 Å². The number of nitrogens with zero attached hydrogens (tertiary/aromatic N) is 2. The van der Waals surface area contributed by atoms with E-state index in [1.54, 1.807) is 0 Å². The van der Waals surface area contributed by atoms with Crippen LogP contribution in [0.1, 0.15) is 20.8 Å². The van der Waals surface area contributed by atoms with E-state index in [1.807, 2.05) is 32.9 Å². The first kappa shape index (κ1) is 13.2. The second kappa shape index (κ2) is 4.81. The van der Waals surface area contributed by atoms with Crippen LogP contribution in [0, 0.1) is 5.41 Å². The number of thiophene rings is 1. The van der Waals surface area contributed by atoms with Gasteiger partial charge in [0.15, 0.2) is 0 Å². The zero-order valence-electron chi connectivity index (χ0n) is 10.2.